The number of ether oxygens (including phenoxy) is 1. The van der Waals surface area contributed by atoms with Gasteiger partial charge in [-0.25, -0.2) is 9.59 Å². The fraction of sp³-hybridized carbons (Fsp3) is 0.765. The van der Waals surface area contributed by atoms with Gasteiger partial charge in [-0.1, -0.05) is 0 Å². The molecule has 0 aromatic heterocycles. The molecule has 0 unspecified atom stereocenters. The molecule has 0 spiro atoms. The Balaban J connectivity index is 4.68. The molecule has 4 atom stereocenters. The third-order valence-corrected chi connectivity index (χ3v) is 5.04. The van der Waals surface area contributed by atoms with Crippen LogP contribution in [0.2, 0.25) is 0 Å². The smallest absolute Gasteiger partial charge is 0.408 e. The van der Waals surface area contributed by atoms with Gasteiger partial charge >= 0.3 is 19.7 Å². The lowest BCUT2D eigenvalue weighted by molar-refractivity contribution is -0.142. The van der Waals surface area contributed by atoms with Crippen molar-refractivity contribution in [1.82, 2.24) is 16.0 Å². The highest BCUT2D eigenvalue weighted by atomic mass is 31.2. The van der Waals surface area contributed by atoms with Gasteiger partial charge in [0.1, 0.15) is 29.5 Å². The van der Waals surface area contributed by atoms with Gasteiger partial charge in [-0.2, -0.15) is 0 Å². The van der Waals surface area contributed by atoms with Crippen LogP contribution in [0, 0.1) is 0 Å². The van der Waals surface area contributed by atoms with Gasteiger partial charge in [0.2, 0.25) is 11.8 Å². The third kappa shape index (κ3) is 12.3. The SMILES string of the molecule is C[C@H](NC(=O)OC(C)(C)C)C(=O)N[C@@H](C)C(=O)N[C@@H](CCC[C@@H](N)P(=O)(O)O)C(=O)O. The summed E-state index contributed by atoms with van der Waals surface area (Å²) in [7, 11) is -4.47. The molecule has 0 aromatic rings. The minimum absolute atomic E-state index is 0.0428. The van der Waals surface area contributed by atoms with Gasteiger partial charge in [-0.15, -0.1) is 0 Å². The Morgan fingerprint density at radius 1 is 0.968 bits per heavy atom. The molecule has 0 rings (SSSR count). The summed E-state index contributed by atoms with van der Waals surface area (Å²) in [6.07, 6.45) is -1.02. The van der Waals surface area contributed by atoms with Crippen LogP contribution in [0.4, 0.5) is 4.79 Å². The number of hydrogen-bond donors (Lipinski definition) is 7. The predicted octanol–water partition coefficient (Wildman–Crippen LogP) is -0.393. The van der Waals surface area contributed by atoms with Crippen LogP contribution < -0.4 is 21.7 Å². The van der Waals surface area contributed by atoms with Crippen LogP contribution >= 0.6 is 7.60 Å². The number of amides is 3. The van der Waals surface area contributed by atoms with E-state index >= 15 is 0 Å². The van der Waals surface area contributed by atoms with Crippen molar-refractivity contribution in [2.24, 2.45) is 5.73 Å². The van der Waals surface area contributed by atoms with E-state index in [4.69, 9.17) is 20.3 Å². The van der Waals surface area contributed by atoms with Gasteiger partial charge in [0.25, 0.3) is 0 Å². The number of carboxylic acids is 1. The summed E-state index contributed by atoms with van der Waals surface area (Å²) in [4.78, 5) is 65.3. The van der Waals surface area contributed by atoms with E-state index in [-0.39, 0.29) is 19.3 Å². The van der Waals surface area contributed by atoms with E-state index in [2.05, 4.69) is 16.0 Å². The average Bonchev–Trinajstić information content (AvgIpc) is 2.57. The van der Waals surface area contributed by atoms with E-state index < -0.39 is 61.0 Å². The third-order valence-electron chi connectivity index (χ3n) is 3.92. The van der Waals surface area contributed by atoms with Crippen molar-refractivity contribution in [1.29, 1.82) is 0 Å². The second kappa shape index (κ2) is 12.0. The maximum Gasteiger partial charge on any atom is 0.408 e. The molecule has 3 amide bonds. The molecule has 0 bridgehead atoms. The Hall–Kier alpha value is -2.21. The number of hydrogen-bond acceptors (Lipinski definition) is 7. The van der Waals surface area contributed by atoms with Crippen LogP contribution in [0.15, 0.2) is 0 Å². The van der Waals surface area contributed by atoms with Gasteiger partial charge in [0, 0.05) is 0 Å². The van der Waals surface area contributed by atoms with Crippen LogP contribution in [-0.2, 0) is 23.7 Å². The standard InChI is InChI=1S/C17H33N4O9P/c1-9(19-13(22)10(2)20-16(26)30-17(3,4)5)14(23)21-11(15(24)25)7-6-8-12(18)31(27,28)29/h9-12H,6-8,18H2,1-5H3,(H,19,22)(H,20,26)(H,21,23)(H,24,25)(H2,27,28,29)/t9-,10-,11-,12-/m0/s1. The van der Waals surface area contributed by atoms with Crippen molar-refractivity contribution in [2.75, 3.05) is 0 Å². The van der Waals surface area contributed by atoms with E-state index in [1.54, 1.807) is 20.8 Å². The van der Waals surface area contributed by atoms with E-state index in [0.717, 1.165) is 0 Å². The molecule has 0 radical (unpaired) electrons. The van der Waals surface area contributed by atoms with Gasteiger partial charge in [0.15, 0.2) is 0 Å². The summed E-state index contributed by atoms with van der Waals surface area (Å²) in [5, 5.41) is 16.2. The molecular weight excluding hydrogens is 435 g/mol. The molecule has 13 nitrogen and oxygen atoms in total. The van der Waals surface area contributed by atoms with E-state index in [9.17, 15) is 28.8 Å². The minimum atomic E-state index is -4.47. The lowest BCUT2D eigenvalue weighted by Crippen LogP contribution is -2.54. The second-order valence-corrected chi connectivity index (χ2v) is 9.93. The van der Waals surface area contributed by atoms with Crippen molar-refractivity contribution < 1.29 is 43.4 Å². The molecule has 14 heteroatoms. The first-order valence-electron chi connectivity index (χ1n) is 9.58. The molecule has 0 fully saturated rings. The number of aliphatic carboxylic acids is 1. The van der Waals surface area contributed by atoms with Gasteiger partial charge < -0.3 is 41.3 Å². The lowest BCUT2D eigenvalue weighted by Gasteiger charge is -2.23. The van der Waals surface area contributed by atoms with Crippen molar-refractivity contribution >= 4 is 31.5 Å². The lowest BCUT2D eigenvalue weighted by atomic mass is 10.1. The first-order chi connectivity index (χ1) is 13.9. The number of carboxylic acid groups (broad SMARTS) is 1. The first-order valence-corrected chi connectivity index (χ1v) is 11.3. The largest absolute Gasteiger partial charge is 0.480 e. The van der Waals surface area contributed by atoms with Crippen LogP contribution in [0.3, 0.4) is 0 Å². The second-order valence-electron chi connectivity index (χ2n) is 8.08. The Morgan fingerprint density at radius 3 is 1.90 bits per heavy atom. The number of carbonyl (C=O) groups is 4. The fourth-order valence-corrected chi connectivity index (χ4v) is 2.73. The number of nitrogens with two attached hydrogens (primary N) is 1. The molecular formula is C17H33N4O9P. The minimum Gasteiger partial charge on any atom is -0.480 e. The maximum atomic E-state index is 12.2. The number of nitrogens with one attached hydrogen (secondary N) is 3. The number of alkyl carbamates (subject to hydrolysis) is 1. The van der Waals surface area contributed by atoms with Crippen molar-refractivity contribution in [3.8, 4) is 0 Å². The maximum absolute atomic E-state index is 12.2. The van der Waals surface area contributed by atoms with E-state index in [1.165, 1.54) is 13.8 Å². The molecule has 180 valence electrons. The molecule has 8 N–H and O–H groups in total. The summed E-state index contributed by atoms with van der Waals surface area (Å²) < 4.78 is 16.0. The van der Waals surface area contributed by atoms with Crippen molar-refractivity contribution in [3.63, 3.8) is 0 Å². The van der Waals surface area contributed by atoms with Gasteiger partial charge in [-0.05, 0) is 53.9 Å². The van der Waals surface area contributed by atoms with Gasteiger partial charge in [-0.3, -0.25) is 14.2 Å². The van der Waals surface area contributed by atoms with Crippen LogP contribution in [0.25, 0.3) is 0 Å². The monoisotopic (exact) mass is 468 g/mol. The highest BCUT2D eigenvalue weighted by Gasteiger charge is 2.28. The zero-order chi connectivity index (χ0) is 24.6. The number of carbonyl (C=O) groups excluding carboxylic acids is 3. The zero-order valence-corrected chi connectivity index (χ0v) is 19.1. The highest BCUT2D eigenvalue weighted by molar-refractivity contribution is 7.52. The molecule has 0 aromatic carbocycles. The Labute approximate surface area is 180 Å². The Kier molecular flexibility index (Phi) is 11.1. The van der Waals surface area contributed by atoms with Crippen LogP contribution in [0.1, 0.15) is 53.9 Å². The predicted molar refractivity (Wildman–Crippen MR) is 110 cm³/mol. The summed E-state index contributed by atoms with van der Waals surface area (Å²) in [5.41, 5.74) is 4.57. The van der Waals surface area contributed by atoms with Crippen LogP contribution in [-0.4, -0.2) is 68.3 Å². The van der Waals surface area contributed by atoms with Gasteiger partial charge in [0.05, 0.1) is 0 Å². The molecule has 0 saturated heterocycles. The zero-order valence-electron chi connectivity index (χ0n) is 18.2. The Bertz CT molecular complexity index is 704. The normalized spacial score (nSPS) is 15.7. The summed E-state index contributed by atoms with van der Waals surface area (Å²) in [5.74, 6) is -4.25. The van der Waals surface area contributed by atoms with Crippen molar-refractivity contribution in [3.05, 3.63) is 0 Å². The highest BCUT2D eigenvalue weighted by Crippen LogP contribution is 2.40. The van der Waals surface area contributed by atoms with Crippen molar-refractivity contribution in [2.45, 2.75) is 83.4 Å². The van der Waals surface area contributed by atoms with Crippen LogP contribution in [0.5, 0.6) is 0 Å². The topological polar surface area (TPSA) is 217 Å². The molecule has 0 heterocycles. The molecule has 0 aliphatic rings. The van der Waals surface area contributed by atoms with E-state index in [1.807, 2.05) is 0 Å². The quantitative estimate of drug-likeness (QED) is 0.195. The molecule has 31 heavy (non-hydrogen) atoms. The fourth-order valence-electron chi connectivity index (χ4n) is 2.21. The molecule has 0 saturated carbocycles. The summed E-state index contributed by atoms with van der Waals surface area (Å²) >= 11 is 0. The molecule has 0 aliphatic carbocycles. The first kappa shape index (κ1) is 28.8. The molecule has 0 aliphatic heterocycles. The Morgan fingerprint density at radius 2 is 1.45 bits per heavy atom. The number of rotatable bonds is 11. The van der Waals surface area contributed by atoms with E-state index in [0.29, 0.717) is 0 Å². The summed E-state index contributed by atoms with van der Waals surface area (Å²) in [6, 6.07) is -3.47. The average molecular weight is 468 g/mol. The summed E-state index contributed by atoms with van der Waals surface area (Å²) in [6.45, 7) is 7.68.